The number of aryl methyl sites for hydroxylation is 2. The first-order chi connectivity index (χ1) is 12.1. The Morgan fingerprint density at radius 2 is 2.08 bits per heavy atom. The second-order valence-corrected chi connectivity index (χ2v) is 6.42. The van der Waals surface area contributed by atoms with E-state index in [1.807, 2.05) is 25.7 Å². The van der Waals surface area contributed by atoms with E-state index in [2.05, 4.69) is 20.6 Å². The third kappa shape index (κ3) is 7.51. The lowest BCUT2D eigenvalue weighted by Gasteiger charge is -2.20. The van der Waals surface area contributed by atoms with Crippen LogP contribution in [0.25, 0.3) is 0 Å². The van der Waals surface area contributed by atoms with Crippen molar-refractivity contribution in [2.45, 2.75) is 59.4 Å². The third-order valence-corrected chi connectivity index (χ3v) is 4.36. The standard InChI is InChI=1S/C18H31N5O2.HI/c1-4-19-18(21-13-16-22-14(2)15(3)25-16)20-10-8-12-23-11-7-5-6-9-17(23)24;/h4-13H2,1-3H3,(H2,19,20,21);1H. The van der Waals surface area contributed by atoms with Crippen molar-refractivity contribution in [2.75, 3.05) is 26.2 Å². The first kappa shape index (κ1) is 22.7. The van der Waals surface area contributed by atoms with Gasteiger partial charge in [-0.25, -0.2) is 9.98 Å². The van der Waals surface area contributed by atoms with Crippen LogP contribution in [0.15, 0.2) is 9.41 Å². The van der Waals surface area contributed by atoms with Gasteiger partial charge in [-0.1, -0.05) is 6.42 Å². The zero-order chi connectivity index (χ0) is 18.1. The van der Waals surface area contributed by atoms with E-state index in [1.54, 1.807) is 0 Å². The van der Waals surface area contributed by atoms with Gasteiger partial charge in [-0.15, -0.1) is 24.0 Å². The van der Waals surface area contributed by atoms with Gasteiger partial charge in [0.15, 0.2) is 5.96 Å². The summed E-state index contributed by atoms with van der Waals surface area (Å²) in [6.45, 7) is 9.56. The molecule has 2 rings (SSSR count). The molecule has 1 fully saturated rings. The Kier molecular flexibility index (Phi) is 10.6. The fourth-order valence-electron chi connectivity index (χ4n) is 2.85. The number of amides is 1. The molecule has 1 amide bonds. The largest absolute Gasteiger partial charge is 0.444 e. The van der Waals surface area contributed by atoms with Gasteiger partial charge in [0.1, 0.15) is 12.3 Å². The fourth-order valence-corrected chi connectivity index (χ4v) is 2.85. The molecule has 0 unspecified atom stereocenters. The molecule has 1 aliphatic rings. The molecular weight excluding hydrogens is 445 g/mol. The van der Waals surface area contributed by atoms with Crippen molar-refractivity contribution >= 4 is 35.8 Å². The molecule has 1 aliphatic heterocycles. The minimum absolute atomic E-state index is 0. The van der Waals surface area contributed by atoms with Gasteiger partial charge in [0.05, 0.1) is 5.69 Å². The van der Waals surface area contributed by atoms with Crippen LogP contribution in [-0.2, 0) is 11.3 Å². The Bertz CT molecular complexity index is 569. The van der Waals surface area contributed by atoms with Crippen molar-refractivity contribution in [3.63, 3.8) is 0 Å². The smallest absolute Gasteiger partial charge is 0.222 e. The molecule has 0 aliphatic carbocycles. The van der Waals surface area contributed by atoms with Gasteiger partial charge in [0.2, 0.25) is 11.8 Å². The van der Waals surface area contributed by atoms with Gasteiger partial charge in [0, 0.05) is 32.6 Å². The lowest BCUT2D eigenvalue weighted by atomic mass is 10.2. The van der Waals surface area contributed by atoms with Gasteiger partial charge in [-0.3, -0.25) is 4.79 Å². The number of rotatable bonds is 7. The Hall–Kier alpha value is -1.32. The summed E-state index contributed by atoms with van der Waals surface area (Å²) in [5.74, 6) is 2.51. The number of carbonyl (C=O) groups is 1. The molecule has 0 spiro atoms. The molecule has 0 atom stereocenters. The van der Waals surface area contributed by atoms with Gasteiger partial charge < -0.3 is 20.0 Å². The third-order valence-electron chi connectivity index (χ3n) is 4.36. The number of oxazole rings is 1. The van der Waals surface area contributed by atoms with Crippen LogP contribution in [-0.4, -0.2) is 47.9 Å². The van der Waals surface area contributed by atoms with Crippen molar-refractivity contribution in [3.8, 4) is 0 Å². The summed E-state index contributed by atoms with van der Waals surface area (Å²) in [5, 5.41) is 6.53. The highest BCUT2D eigenvalue weighted by Gasteiger charge is 2.15. The predicted octanol–water partition coefficient (Wildman–Crippen LogP) is 2.76. The zero-order valence-corrected chi connectivity index (χ0v) is 18.5. The van der Waals surface area contributed by atoms with Crippen LogP contribution in [0.3, 0.4) is 0 Å². The molecule has 2 N–H and O–H groups in total. The molecule has 26 heavy (non-hydrogen) atoms. The average Bonchev–Trinajstić information content (AvgIpc) is 2.78. The summed E-state index contributed by atoms with van der Waals surface area (Å²) in [7, 11) is 0. The maximum absolute atomic E-state index is 12.0. The maximum Gasteiger partial charge on any atom is 0.222 e. The van der Waals surface area contributed by atoms with E-state index in [4.69, 9.17) is 4.42 Å². The predicted molar refractivity (Wildman–Crippen MR) is 114 cm³/mol. The molecule has 7 nitrogen and oxygen atoms in total. The summed E-state index contributed by atoms with van der Waals surface area (Å²) in [5.41, 5.74) is 0.908. The number of carbonyl (C=O) groups excluding carboxylic acids is 1. The lowest BCUT2D eigenvalue weighted by molar-refractivity contribution is -0.130. The van der Waals surface area contributed by atoms with Crippen LogP contribution < -0.4 is 10.6 Å². The van der Waals surface area contributed by atoms with E-state index in [0.29, 0.717) is 24.8 Å². The molecule has 0 bridgehead atoms. The highest BCUT2D eigenvalue weighted by atomic mass is 127. The Morgan fingerprint density at radius 1 is 1.27 bits per heavy atom. The van der Waals surface area contributed by atoms with Crippen molar-refractivity contribution in [1.29, 1.82) is 0 Å². The number of nitrogens with zero attached hydrogens (tertiary/aromatic N) is 3. The number of halogens is 1. The van der Waals surface area contributed by atoms with Crippen LogP contribution in [0.1, 0.15) is 56.4 Å². The molecule has 1 aromatic rings. The maximum atomic E-state index is 12.0. The summed E-state index contributed by atoms with van der Waals surface area (Å²) < 4.78 is 5.55. The van der Waals surface area contributed by atoms with Crippen LogP contribution in [0, 0.1) is 13.8 Å². The van der Waals surface area contributed by atoms with E-state index in [9.17, 15) is 4.79 Å². The van der Waals surface area contributed by atoms with E-state index < -0.39 is 0 Å². The number of guanidine groups is 1. The second kappa shape index (κ2) is 12.1. The topological polar surface area (TPSA) is 82.8 Å². The molecule has 148 valence electrons. The minimum Gasteiger partial charge on any atom is -0.444 e. The van der Waals surface area contributed by atoms with Gasteiger partial charge >= 0.3 is 0 Å². The summed E-state index contributed by atoms with van der Waals surface area (Å²) in [6, 6.07) is 0. The van der Waals surface area contributed by atoms with E-state index in [0.717, 1.165) is 69.3 Å². The van der Waals surface area contributed by atoms with E-state index >= 15 is 0 Å². The number of aliphatic imine (C=N–C) groups is 1. The molecular formula is C18H32IN5O2. The number of likely N-dealkylation sites (tertiary alicyclic amines) is 1. The van der Waals surface area contributed by atoms with Crippen molar-refractivity contribution < 1.29 is 9.21 Å². The van der Waals surface area contributed by atoms with Gasteiger partial charge in [-0.2, -0.15) is 0 Å². The van der Waals surface area contributed by atoms with Crippen LogP contribution in [0.5, 0.6) is 0 Å². The first-order valence-electron chi connectivity index (χ1n) is 9.33. The number of hydrogen-bond donors (Lipinski definition) is 2. The summed E-state index contributed by atoms with van der Waals surface area (Å²) >= 11 is 0. The molecule has 8 heteroatoms. The van der Waals surface area contributed by atoms with Crippen LogP contribution >= 0.6 is 24.0 Å². The number of hydrogen-bond acceptors (Lipinski definition) is 4. The number of nitrogens with one attached hydrogen (secondary N) is 2. The van der Waals surface area contributed by atoms with Crippen LogP contribution in [0.4, 0.5) is 0 Å². The Labute approximate surface area is 173 Å². The van der Waals surface area contributed by atoms with Crippen molar-refractivity contribution in [2.24, 2.45) is 4.99 Å². The molecule has 2 heterocycles. The molecule has 0 aromatic carbocycles. The quantitative estimate of drug-likeness (QED) is 0.273. The Morgan fingerprint density at radius 3 is 2.77 bits per heavy atom. The number of aromatic nitrogens is 1. The highest BCUT2D eigenvalue weighted by Crippen LogP contribution is 2.11. The summed E-state index contributed by atoms with van der Waals surface area (Å²) in [6.07, 6.45) is 4.93. The van der Waals surface area contributed by atoms with E-state index in [-0.39, 0.29) is 24.0 Å². The normalized spacial score (nSPS) is 15.4. The average molecular weight is 477 g/mol. The molecule has 1 saturated heterocycles. The Balaban J connectivity index is 0.00000338. The lowest BCUT2D eigenvalue weighted by Crippen LogP contribution is -2.39. The fraction of sp³-hybridized carbons (Fsp3) is 0.722. The molecule has 0 saturated carbocycles. The van der Waals surface area contributed by atoms with Gasteiger partial charge in [-0.05, 0) is 40.0 Å². The summed E-state index contributed by atoms with van der Waals surface area (Å²) in [4.78, 5) is 22.8. The highest BCUT2D eigenvalue weighted by molar-refractivity contribution is 14.0. The van der Waals surface area contributed by atoms with E-state index in [1.165, 1.54) is 0 Å². The van der Waals surface area contributed by atoms with Crippen molar-refractivity contribution in [1.82, 2.24) is 20.5 Å². The second-order valence-electron chi connectivity index (χ2n) is 6.42. The molecule has 1 aromatic heterocycles. The van der Waals surface area contributed by atoms with Crippen molar-refractivity contribution in [3.05, 3.63) is 17.3 Å². The first-order valence-corrected chi connectivity index (χ1v) is 9.33. The van der Waals surface area contributed by atoms with Crippen LogP contribution in [0.2, 0.25) is 0 Å². The monoisotopic (exact) mass is 477 g/mol. The van der Waals surface area contributed by atoms with Gasteiger partial charge in [0.25, 0.3) is 0 Å². The zero-order valence-electron chi connectivity index (χ0n) is 16.1. The minimum atomic E-state index is 0. The SMILES string of the molecule is CCNC(=NCc1nc(C)c(C)o1)NCCCN1CCCCCC1=O.I. The molecule has 0 radical (unpaired) electrons.